The van der Waals surface area contributed by atoms with Gasteiger partial charge in [-0.3, -0.25) is 0 Å². The largest absolute Gasteiger partial charge is 0.415 e. The lowest BCUT2D eigenvalue weighted by Crippen LogP contribution is -2.27. The molecule has 0 heterocycles. The zero-order valence-electron chi connectivity index (χ0n) is 25.6. The molecule has 0 radical (unpaired) electrons. The zero-order valence-corrected chi connectivity index (χ0v) is 26.6. The van der Waals surface area contributed by atoms with E-state index in [-0.39, 0.29) is 0 Å². The minimum atomic E-state index is -1.44. The number of unbranched alkanes of at least 4 members (excludes halogenated alkanes) is 4. The maximum atomic E-state index is 5.71. The predicted molar refractivity (Wildman–Crippen MR) is 155 cm³/mol. The highest BCUT2D eigenvalue weighted by Gasteiger charge is 2.13. The Morgan fingerprint density at radius 3 is 0.846 bits per heavy atom. The topological polar surface area (TPSA) is 92.3 Å². The minimum Gasteiger partial charge on any atom is -0.415 e. The molecule has 0 bridgehead atoms. The van der Waals surface area contributed by atoms with Gasteiger partial charge in [0.25, 0.3) is 0 Å². The molecule has 0 N–H and O–H groups in total. The highest BCUT2D eigenvalue weighted by molar-refractivity contribution is 6.69. The Hall–Kier alpha value is -0.183. The van der Waals surface area contributed by atoms with Crippen LogP contribution in [0.4, 0.5) is 0 Å². The van der Waals surface area contributed by atoms with E-state index >= 15 is 0 Å². The summed E-state index contributed by atoms with van der Waals surface area (Å²) in [5, 5.41) is 0. The fourth-order valence-electron chi connectivity index (χ4n) is 3.08. The maximum absolute atomic E-state index is 5.71. The SMILES string of the molecule is CCCCCCCOCCOCCOCCOCCOCCOCCOCCOCCOCCO[Si](C)(C)C. The molecule has 0 aromatic carbocycles. The summed E-state index contributed by atoms with van der Waals surface area (Å²) in [6, 6.07) is 0. The average molecular weight is 585 g/mol. The van der Waals surface area contributed by atoms with Crippen molar-refractivity contribution in [2.75, 3.05) is 126 Å². The number of ether oxygens (including phenoxy) is 9. The molecule has 39 heavy (non-hydrogen) atoms. The molecular formula is C28H60O10Si. The van der Waals surface area contributed by atoms with Crippen LogP contribution in [0.5, 0.6) is 0 Å². The molecule has 0 saturated heterocycles. The van der Waals surface area contributed by atoms with Crippen LogP contribution in [-0.2, 0) is 47.1 Å². The quantitative estimate of drug-likeness (QED) is 0.0818. The van der Waals surface area contributed by atoms with Crippen LogP contribution >= 0.6 is 0 Å². The Labute approximate surface area is 239 Å². The van der Waals surface area contributed by atoms with E-state index in [1.807, 2.05) is 0 Å². The lowest BCUT2D eigenvalue weighted by Gasteiger charge is -2.16. The van der Waals surface area contributed by atoms with Crippen molar-refractivity contribution in [2.45, 2.75) is 58.7 Å². The number of hydrogen-bond acceptors (Lipinski definition) is 10. The zero-order chi connectivity index (χ0) is 28.5. The summed E-state index contributed by atoms with van der Waals surface area (Å²) < 4.78 is 55.1. The van der Waals surface area contributed by atoms with E-state index < -0.39 is 8.32 Å². The fourth-order valence-corrected chi connectivity index (χ4v) is 3.77. The van der Waals surface area contributed by atoms with Gasteiger partial charge in [0.2, 0.25) is 0 Å². The van der Waals surface area contributed by atoms with E-state index in [9.17, 15) is 0 Å². The van der Waals surface area contributed by atoms with Crippen molar-refractivity contribution in [2.24, 2.45) is 0 Å². The summed E-state index contributed by atoms with van der Waals surface area (Å²) in [5.74, 6) is 0. The molecule has 11 heteroatoms. The molecule has 0 aliphatic heterocycles. The van der Waals surface area contributed by atoms with E-state index in [0.29, 0.717) is 119 Å². The van der Waals surface area contributed by atoms with E-state index in [1.165, 1.54) is 25.7 Å². The first-order chi connectivity index (χ1) is 19.1. The van der Waals surface area contributed by atoms with Crippen LogP contribution in [0.2, 0.25) is 19.6 Å². The molecule has 0 atom stereocenters. The van der Waals surface area contributed by atoms with E-state index in [2.05, 4.69) is 26.6 Å². The minimum absolute atomic E-state index is 0.533. The molecule has 10 nitrogen and oxygen atoms in total. The first-order valence-electron chi connectivity index (χ1n) is 14.9. The summed E-state index contributed by atoms with van der Waals surface area (Å²) in [5.41, 5.74) is 0. The molecule has 0 amide bonds. The standard InChI is InChI=1S/C28H60O10Si/c1-5-6-7-8-9-10-29-11-12-30-13-14-31-15-16-32-17-18-33-19-20-34-21-22-35-23-24-36-25-26-37-27-28-38-39(2,3)4/h5-28H2,1-4H3. The monoisotopic (exact) mass is 584 g/mol. The predicted octanol–water partition coefficient (Wildman–Crippen LogP) is 3.96. The van der Waals surface area contributed by atoms with Crippen LogP contribution in [0.1, 0.15) is 39.0 Å². The first kappa shape index (κ1) is 38.8. The molecular weight excluding hydrogens is 524 g/mol. The lowest BCUT2D eigenvalue weighted by molar-refractivity contribution is -0.0254. The summed E-state index contributed by atoms with van der Waals surface area (Å²) in [4.78, 5) is 0. The van der Waals surface area contributed by atoms with Gasteiger partial charge in [-0.25, -0.2) is 0 Å². The van der Waals surface area contributed by atoms with Crippen molar-refractivity contribution < 1.29 is 47.1 Å². The second-order valence-electron chi connectivity index (χ2n) is 9.89. The van der Waals surface area contributed by atoms with Gasteiger partial charge < -0.3 is 47.1 Å². The van der Waals surface area contributed by atoms with Crippen molar-refractivity contribution in [3.63, 3.8) is 0 Å². The Balaban J connectivity index is 3.04. The summed E-state index contributed by atoms with van der Waals surface area (Å²) in [7, 11) is -1.44. The Bertz CT molecular complexity index is 455. The summed E-state index contributed by atoms with van der Waals surface area (Å²) in [6.07, 6.45) is 6.30. The van der Waals surface area contributed by atoms with Crippen LogP contribution < -0.4 is 0 Å². The van der Waals surface area contributed by atoms with Gasteiger partial charge in [0.15, 0.2) is 8.32 Å². The highest BCUT2D eigenvalue weighted by atomic mass is 28.4. The molecule has 0 aliphatic rings. The molecule has 0 spiro atoms. The molecule has 0 aliphatic carbocycles. The molecule has 0 rings (SSSR count). The van der Waals surface area contributed by atoms with Gasteiger partial charge in [-0.2, -0.15) is 0 Å². The van der Waals surface area contributed by atoms with Crippen molar-refractivity contribution in [1.82, 2.24) is 0 Å². The van der Waals surface area contributed by atoms with Gasteiger partial charge >= 0.3 is 0 Å². The van der Waals surface area contributed by atoms with Gasteiger partial charge in [0, 0.05) is 6.61 Å². The highest BCUT2D eigenvalue weighted by Crippen LogP contribution is 2.02. The number of rotatable bonds is 34. The second kappa shape index (κ2) is 32.3. The third-order valence-electron chi connectivity index (χ3n) is 5.13. The van der Waals surface area contributed by atoms with Crippen LogP contribution in [-0.4, -0.2) is 134 Å². The third-order valence-corrected chi connectivity index (χ3v) is 6.20. The third kappa shape index (κ3) is 37.8. The molecule has 0 saturated carbocycles. The fraction of sp³-hybridized carbons (Fsp3) is 1.00. The average Bonchev–Trinajstić information content (AvgIpc) is 2.90. The van der Waals surface area contributed by atoms with Gasteiger partial charge in [-0.15, -0.1) is 0 Å². The molecule has 236 valence electrons. The van der Waals surface area contributed by atoms with Crippen LogP contribution in [0.3, 0.4) is 0 Å². The summed E-state index contributed by atoms with van der Waals surface area (Å²) in [6.45, 7) is 19.8. The van der Waals surface area contributed by atoms with Gasteiger partial charge in [-0.1, -0.05) is 32.6 Å². The second-order valence-corrected chi connectivity index (χ2v) is 14.4. The molecule has 0 fully saturated rings. The lowest BCUT2D eigenvalue weighted by atomic mass is 10.2. The normalized spacial score (nSPS) is 12.0. The van der Waals surface area contributed by atoms with Crippen LogP contribution in [0.15, 0.2) is 0 Å². The Morgan fingerprint density at radius 2 is 0.564 bits per heavy atom. The maximum Gasteiger partial charge on any atom is 0.183 e. The van der Waals surface area contributed by atoms with Gasteiger partial charge in [-0.05, 0) is 26.1 Å². The van der Waals surface area contributed by atoms with Crippen molar-refractivity contribution >= 4 is 8.32 Å². The Morgan fingerprint density at radius 1 is 0.308 bits per heavy atom. The van der Waals surface area contributed by atoms with Crippen molar-refractivity contribution in [1.29, 1.82) is 0 Å². The van der Waals surface area contributed by atoms with Crippen molar-refractivity contribution in [3.8, 4) is 0 Å². The van der Waals surface area contributed by atoms with Gasteiger partial charge in [0.05, 0.1) is 119 Å². The van der Waals surface area contributed by atoms with E-state index in [1.54, 1.807) is 0 Å². The van der Waals surface area contributed by atoms with Gasteiger partial charge in [0.1, 0.15) is 0 Å². The number of hydrogen-bond donors (Lipinski definition) is 0. The van der Waals surface area contributed by atoms with E-state index in [4.69, 9.17) is 47.1 Å². The van der Waals surface area contributed by atoms with Crippen LogP contribution in [0.25, 0.3) is 0 Å². The van der Waals surface area contributed by atoms with E-state index in [0.717, 1.165) is 13.0 Å². The first-order valence-corrected chi connectivity index (χ1v) is 18.3. The molecule has 0 aromatic rings. The van der Waals surface area contributed by atoms with Crippen molar-refractivity contribution in [3.05, 3.63) is 0 Å². The smallest absolute Gasteiger partial charge is 0.183 e. The Kier molecular flexibility index (Phi) is 32.2. The van der Waals surface area contributed by atoms with Crippen LogP contribution in [0, 0.1) is 0 Å². The molecule has 0 aromatic heterocycles. The molecule has 0 unspecified atom stereocenters. The summed E-state index contributed by atoms with van der Waals surface area (Å²) >= 11 is 0.